The summed E-state index contributed by atoms with van der Waals surface area (Å²) in [5.41, 5.74) is 3.50. The molecule has 2 aromatic carbocycles. The van der Waals surface area contributed by atoms with Gasteiger partial charge in [-0.25, -0.2) is 4.39 Å². The van der Waals surface area contributed by atoms with Gasteiger partial charge in [-0.1, -0.05) is 18.2 Å². The van der Waals surface area contributed by atoms with Crippen molar-refractivity contribution in [2.45, 2.75) is 31.7 Å². The third-order valence-corrected chi connectivity index (χ3v) is 5.66. The van der Waals surface area contributed by atoms with Crippen LogP contribution in [0, 0.1) is 5.82 Å². The van der Waals surface area contributed by atoms with E-state index in [1.807, 2.05) is 0 Å². The van der Waals surface area contributed by atoms with Crippen molar-refractivity contribution in [3.8, 4) is 0 Å². The summed E-state index contributed by atoms with van der Waals surface area (Å²) in [4.78, 5) is 17.3. The molecule has 0 radical (unpaired) electrons. The molecule has 1 unspecified atom stereocenters. The predicted octanol–water partition coefficient (Wildman–Crippen LogP) is 4.77. The van der Waals surface area contributed by atoms with E-state index in [4.69, 9.17) is 0 Å². The fraction of sp³-hybridized carbons (Fsp3) is 0.409. The number of rotatable bonds is 5. The summed E-state index contributed by atoms with van der Waals surface area (Å²) in [7, 11) is 0. The van der Waals surface area contributed by atoms with Gasteiger partial charge < -0.3 is 4.90 Å². The number of carbonyl (C=O) groups is 1. The van der Waals surface area contributed by atoms with Crippen molar-refractivity contribution >= 4 is 36.3 Å². The largest absolute Gasteiger partial charge is 0.366 e. The Morgan fingerprint density at radius 1 is 1.04 bits per heavy atom. The standard InChI is InChI=1S/C22H25FN2O.2ClH/c23-19-10-7-18(8-11-19)22(26)6-3-13-24-14-15-25-20(16-24)12-9-17-4-1-2-5-21(17)25;;/h1-2,4-5,7-8,10-11,20H,3,6,9,12-16H2;2*1H. The summed E-state index contributed by atoms with van der Waals surface area (Å²) < 4.78 is 13.0. The SMILES string of the molecule is Cl.Cl.O=C(CCCN1CCN2c3ccccc3CCC2C1)c1ccc(F)cc1. The Balaban J connectivity index is 0.00000140. The van der Waals surface area contributed by atoms with Gasteiger partial charge in [0.15, 0.2) is 5.78 Å². The monoisotopic (exact) mass is 424 g/mol. The highest BCUT2D eigenvalue weighted by atomic mass is 35.5. The summed E-state index contributed by atoms with van der Waals surface area (Å²) in [6.07, 6.45) is 3.76. The van der Waals surface area contributed by atoms with Crippen molar-refractivity contribution in [1.29, 1.82) is 0 Å². The van der Waals surface area contributed by atoms with Crippen molar-refractivity contribution in [1.82, 2.24) is 4.90 Å². The average molecular weight is 425 g/mol. The molecule has 152 valence electrons. The molecule has 0 aromatic heterocycles. The Kier molecular flexibility index (Phi) is 8.29. The van der Waals surface area contributed by atoms with Gasteiger partial charge in [0, 0.05) is 43.3 Å². The number of para-hydroxylation sites is 1. The molecule has 0 spiro atoms. The summed E-state index contributed by atoms with van der Waals surface area (Å²) in [6, 6.07) is 15.2. The molecule has 2 aromatic rings. The molecular weight excluding hydrogens is 398 g/mol. The molecule has 1 atom stereocenters. The molecule has 3 nitrogen and oxygen atoms in total. The molecular formula is C22H27Cl2FN2O. The van der Waals surface area contributed by atoms with E-state index in [1.165, 1.54) is 29.8 Å². The lowest BCUT2D eigenvalue weighted by molar-refractivity contribution is 0.0972. The Morgan fingerprint density at radius 3 is 2.57 bits per heavy atom. The van der Waals surface area contributed by atoms with E-state index in [2.05, 4.69) is 34.1 Å². The van der Waals surface area contributed by atoms with Crippen LogP contribution < -0.4 is 4.90 Å². The molecule has 28 heavy (non-hydrogen) atoms. The van der Waals surface area contributed by atoms with Gasteiger partial charge in [0.25, 0.3) is 0 Å². The molecule has 2 aliphatic rings. The summed E-state index contributed by atoms with van der Waals surface area (Å²) >= 11 is 0. The lowest BCUT2D eigenvalue weighted by Gasteiger charge is -2.46. The molecule has 2 aliphatic heterocycles. The molecule has 6 heteroatoms. The zero-order valence-electron chi connectivity index (χ0n) is 15.9. The van der Waals surface area contributed by atoms with Gasteiger partial charge in [-0.2, -0.15) is 0 Å². The number of anilines is 1. The van der Waals surface area contributed by atoms with Crippen LogP contribution >= 0.6 is 24.8 Å². The van der Waals surface area contributed by atoms with Crippen LogP contribution in [0.5, 0.6) is 0 Å². The lowest BCUT2D eigenvalue weighted by atomic mass is 9.94. The van der Waals surface area contributed by atoms with E-state index < -0.39 is 0 Å². The number of ketones is 1. The maximum atomic E-state index is 13.0. The number of nitrogens with zero attached hydrogens (tertiary/aromatic N) is 2. The molecule has 1 saturated heterocycles. The van der Waals surface area contributed by atoms with Gasteiger partial charge in [-0.05, 0) is 61.7 Å². The summed E-state index contributed by atoms with van der Waals surface area (Å²) in [5, 5.41) is 0. The molecule has 0 bridgehead atoms. The van der Waals surface area contributed by atoms with E-state index in [0.29, 0.717) is 18.0 Å². The quantitative estimate of drug-likeness (QED) is 0.645. The number of piperazine rings is 1. The van der Waals surface area contributed by atoms with Crippen molar-refractivity contribution in [2.75, 3.05) is 31.1 Å². The number of aryl methyl sites for hydroxylation is 1. The third kappa shape index (κ3) is 5.05. The van der Waals surface area contributed by atoms with Crippen molar-refractivity contribution in [3.63, 3.8) is 0 Å². The number of Topliss-reactive ketones (excluding diaryl/α,β-unsaturated/α-hetero) is 1. The maximum Gasteiger partial charge on any atom is 0.162 e. The van der Waals surface area contributed by atoms with Gasteiger partial charge in [0.05, 0.1) is 0 Å². The van der Waals surface area contributed by atoms with Gasteiger partial charge in [0.1, 0.15) is 5.82 Å². The van der Waals surface area contributed by atoms with Crippen molar-refractivity contribution in [2.24, 2.45) is 0 Å². The van der Waals surface area contributed by atoms with Crippen molar-refractivity contribution < 1.29 is 9.18 Å². The van der Waals surface area contributed by atoms with Crippen LogP contribution in [0.3, 0.4) is 0 Å². The number of hydrogen-bond acceptors (Lipinski definition) is 3. The topological polar surface area (TPSA) is 23.6 Å². The van der Waals surface area contributed by atoms with Gasteiger partial charge in [-0.3, -0.25) is 9.69 Å². The van der Waals surface area contributed by atoms with E-state index in [-0.39, 0.29) is 36.4 Å². The fourth-order valence-corrected chi connectivity index (χ4v) is 4.25. The van der Waals surface area contributed by atoms with Crippen LogP contribution in [0.4, 0.5) is 10.1 Å². The van der Waals surface area contributed by atoms with Crippen LogP contribution in [0.1, 0.15) is 35.2 Å². The molecule has 1 fully saturated rings. The first kappa shape index (κ1) is 22.7. The van der Waals surface area contributed by atoms with Crippen molar-refractivity contribution in [3.05, 3.63) is 65.5 Å². The number of fused-ring (bicyclic) bond motifs is 3. The molecule has 2 heterocycles. The Labute approximate surface area is 178 Å². The van der Waals surface area contributed by atoms with Crippen LogP contribution in [0.15, 0.2) is 48.5 Å². The zero-order valence-corrected chi connectivity index (χ0v) is 17.5. The average Bonchev–Trinajstić information content (AvgIpc) is 2.68. The minimum absolute atomic E-state index is 0. The van der Waals surface area contributed by atoms with Gasteiger partial charge in [-0.15, -0.1) is 24.8 Å². The Bertz CT molecular complexity index is 784. The molecule has 0 saturated carbocycles. The molecule has 4 rings (SSSR count). The predicted molar refractivity (Wildman–Crippen MR) is 117 cm³/mol. The second-order valence-electron chi connectivity index (χ2n) is 7.35. The summed E-state index contributed by atoms with van der Waals surface area (Å²) in [5.74, 6) is -0.191. The summed E-state index contributed by atoms with van der Waals surface area (Å²) in [6.45, 7) is 4.15. The highest BCUT2D eigenvalue weighted by Crippen LogP contribution is 2.32. The first-order valence-corrected chi connectivity index (χ1v) is 9.56. The first-order valence-electron chi connectivity index (χ1n) is 9.56. The number of hydrogen-bond donors (Lipinski definition) is 0. The van der Waals surface area contributed by atoms with Gasteiger partial charge in [0.2, 0.25) is 0 Å². The van der Waals surface area contributed by atoms with E-state index in [9.17, 15) is 9.18 Å². The maximum absolute atomic E-state index is 13.0. The minimum Gasteiger partial charge on any atom is -0.366 e. The normalized spacial score (nSPS) is 18.3. The second kappa shape index (κ2) is 10.2. The van der Waals surface area contributed by atoms with E-state index in [0.717, 1.165) is 39.0 Å². The highest BCUT2D eigenvalue weighted by molar-refractivity contribution is 5.95. The number of carbonyl (C=O) groups excluding carboxylic acids is 1. The number of benzene rings is 2. The van der Waals surface area contributed by atoms with E-state index in [1.54, 1.807) is 12.1 Å². The second-order valence-corrected chi connectivity index (χ2v) is 7.35. The first-order chi connectivity index (χ1) is 12.7. The van der Waals surface area contributed by atoms with Gasteiger partial charge >= 0.3 is 0 Å². The van der Waals surface area contributed by atoms with Crippen LogP contribution in [0.2, 0.25) is 0 Å². The van der Waals surface area contributed by atoms with E-state index >= 15 is 0 Å². The highest BCUT2D eigenvalue weighted by Gasteiger charge is 2.31. The Hall–Kier alpha value is -1.62. The molecule has 0 N–H and O–H groups in total. The number of halogens is 3. The minimum atomic E-state index is -0.298. The lowest BCUT2D eigenvalue weighted by Crippen LogP contribution is -2.55. The van der Waals surface area contributed by atoms with Crippen LogP contribution in [0.25, 0.3) is 0 Å². The third-order valence-electron chi connectivity index (χ3n) is 5.66. The van der Waals surface area contributed by atoms with Crippen LogP contribution in [-0.2, 0) is 6.42 Å². The molecule has 0 amide bonds. The Morgan fingerprint density at radius 2 is 1.79 bits per heavy atom. The fourth-order valence-electron chi connectivity index (χ4n) is 4.25. The molecule has 0 aliphatic carbocycles. The zero-order chi connectivity index (χ0) is 17.9. The smallest absolute Gasteiger partial charge is 0.162 e. The van der Waals surface area contributed by atoms with Crippen LogP contribution in [-0.4, -0.2) is 42.9 Å².